The van der Waals surface area contributed by atoms with Crippen LogP contribution in [0.5, 0.6) is 0 Å². The first-order valence-corrected chi connectivity index (χ1v) is 8.48. The molecule has 1 aromatic carbocycles. The molecule has 1 aliphatic rings. The summed E-state index contributed by atoms with van der Waals surface area (Å²) in [6.07, 6.45) is 4.52. The summed E-state index contributed by atoms with van der Waals surface area (Å²) in [6.45, 7) is 2.48. The summed E-state index contributed by atoms with van der Waals surface area (Å²) in [5.41, 5.74) is 3.19. The smallest absolute Gasteiger partial charge is 0.236 e. The Morgan fingerprint density at radius 2 is 2.29 bits per heavy atom. The fourth-order valence-corrected chi connectivity index (χ4v) is 3.48. The number of aromatic nitrogens is 1. The van der Waals surface area contributed by atoms with Gasteiger partial charge in [-0.25, -0.2) is 0 Å². The highest BCUT2D eigenvalue weighted by Crippen LogP contribution is 2.33. The van der Waals surface area contributed by atoms with Gasteiger partial charge in [0.1, 0.15) is 6.07 Å². The highest BCUT2D eigenvalue weighted by atomic mass is 35.5. The maximum absolute atomic E-state index is 13.1. The molecule has 0 radical (unpaired) electrons. The van der Waals surface area contributed by atoms with Crippen molar-refractivity contribution < 1.29 is 4.79 Å². The van der Waals surface area contributed by atoms with Gasteiger partial charge in [-0.15, -0.1) is 0 Å². The monoisotopic (exact) mass is 339 g/mol. The molecule has 1 atom stereocenters. The number of aryl methyl sites for hydroxylation is 1. The van der Waals surface area contributed by atoms with E-state index in [1.54, 1.807) is 29.3 Å². The van der Waals surface area contributed by atoms with E-state index in [-0.39, 0.29) is 11.8 Å². The lowest BCUT2D eigenvalue weighted by Gasteiger charge is -2.29. The molecule has 0 spiro atoms. The lowest BCUT2D eigenvalue weighted by molar-refractivity contribution is -0.120. The fourth-order valence-electron chi connectivity index (χ4n) is 3.27. The van der Waals surface area contributed by atoms with Crippen LogP contribution in [0, 0.1) is 11.3 Å². The number of carbonyl (C=O) groups is 1. The number of hydrogen-bond donors (Lipinski definition) is 0. The number of anilines is 1. The van der Waals surface area contributed by atoms with Crippen molar-refractivity contribution in [2.75, 3.05) is 11.4 Å². The molecule has 4 nitrogen and oxygen atoms in total. The Hall–Kier alpha value is -2.38. The predicted molar refractivity (Wildman–Crippen MR) is 94.1 cm³/mol. The van der Waals surface area contributed by atoms with Crippen LogP contribution in [-0.4, -0.2) is 17.4 Å². The molecule has 5 heteroatoms. The van der Waals surface area contributed by atoms with E-state index < -0.39 is 0 Å². The van der Waals surface area contributed by atoms with Gasteiger partial charge in [0.2, 0.25) is 5.91 Å². The van der Waals surface area contributed by atoms with Gasteiger partial charge in [-0.2, -0.15) is 5.26 Å². The molecule has 2 aromatic rings. The molecular formula is C19H18ClN3O. The Morgan fingerprint density at radius 3 is 3.00 bits per heavy atom. The van der Waals surface area contributed by atoms with Gasteiger partial charge in [-0.05, 0) is 56.0 Å². The van der Waals surface area contributed by atoms with Crippen LogP contribution in [0.25, 0.3) is 0 Å². The summed E-state index contributed by atoms with van der Waals surface area (Å²) >= 11 is 6.13. The average Bonchev–Trinajstić information content (AvgIpc) is 2.62. The molecule has 0 saturated carbocycles. The number of nitrogens with zero attached hydrogens (tertiary/aromatic N) is 3. The summed E-state index contributed by atoms with van der Waals surface area (Å²) in [7, 11) is 0. The lowest BCUT2D eigenvalue weighted by Crippen LogP contribution is -2.36. The number of carbonyl (C=O) groups excluding carboxylic acids is 1. The number of rotatable bonds is 3. The van der Waals surface area contributed by atoms with E-state index in [0.29, 0.717) is 17.1 Å². The van der Waals surface area contributed by atoms with Crippen molar-refractivity contribution in [1.82, 2.24) is 4.98 Å². The van der Waals surface area contributed by atoms with Gasteiger partial charge in [0.15, 0.2) is 0 Å². The number of likely N-dealkylation sites (N-methyl/N-ethyl adjacent to an activating group) is 1. The van der Waals surface area contributed by atoms with Crippen LogP contribution in [0.2, 0.25) is 5.02 Å². The van der Waals surface area contributed by atoms with E-state index in [1.165, 1.54) is 0 Å². The minimum absolute atomic E-state index is 0.0397. The van der Waals surface area contributed by atoms with Crippen LogP contribution in [0.15, 0.2) is 36.5 Å². The van der Waals surface area contributed by atoms with Crippen LogP contribution in [0.1, 0.15) is 42.5 Å². The number of hydrogen-bond acceptors (Lipinski definition) is 3. The van der Waals surface area contributed by atoms with E-state index in [0.717, 1.165) is 36.2 Å². The molecule has 0 fully saturated rings. The molecule has 24 heavy (non-hydrogen) atoms. The molecule has 1 amide bonds. The molecular weight excluding hydrogens is 322 g/mol. The first kappa shape index (κ1) is 16.5. The van der Waals surface area contributed by atoms with Gasteiger partial charge in [-0.3, -0.25) is 9.78 Å². The van der Waals surface area contributed by atoms with Crippen LogP contribution >= 0.6 is 11.6 Å². The van der Waals surface area contributed by atoms with E-state index in [2.05, 4.69) is 11.1 Å². The van der Waals surface area contributed by atoms with E-state index in [9.17, 15) is 4.79 Å². The molecule has 0 bridgehead atoms. The quantitative estimate of drug-likeness (QED) is 0.846. The fraction of sp³-hybridized carbons (Fsp3) is 0.316. The molecule has 0 aliphatic heterocycles. The third-order valence-corrected chi connectivity index (χ3v) is 4.77. The number of amides is 1. The topological polar surface area (TPSA) is 57.0 Å². The zero-order valence-corrected chi connectivity index (χ0v) is 14.3. The van der Waals surface area contributed by atoms with Gasteiger partial charge in [0.25, 0.3) is 0 Å². The summed E-state index contributed by atoms with van der Waals surface area (Å²) in [4.78, 5) is 19.3. The van der Waals surface area contributed by atoms with E-state index in [4.69, 9.17) is 16.9 Å². The van der Waals surface area contributed by atoms with E-state index >= 15 is 0 Å². The average molecular weight is 340 g/mol. The van der Waals surface area contributed by atoms with Crippen molar-refractivity contribution in [3.8, 4) is 6.07 Å². The Bertz CT molecular complexity index is 812. The zero-order valence-electron chi connectivity index (χ0n) is 13.5. The number of benzene rings is 1. The Balaban J connectivity index is 1.94. The van der Waals surface area contributed by atoms with Crippen LogP contribution < -0.4 is 4.90 Å². The first-order valence-electron chi connectivity index (χ1n) is 8.10. The van der Waals surface area contributed by atoms with Crippen molar-refractivity contribution in [3.63, 3.8) is 0 Å². The number of halogens is 1. The van der Waals surface area contributed by atoms with Crippen molar-refractivity contribution in [3.05, 3.63) is 58.4 Å². The number of nitriles is 1. The minimum Gasteiger partial charge on any atom is -0.312 e. The van der Waals surface area contributed by atoms with Crippen molar-refractivity contribution in [1.29, 1.82) is 5.26 Å². The normalized spacial score (nSPS) is 16.1. The van der Waals surface area contributed by atoms with E-state index in [1.807, 2.05) is 19.1 Å². The van der Waals surface area contributed by atoms with Crippen molar-refractivity contribution >= 4 is 23.2 Å². The molecule has 3 rings (SSSR count). The standard InChI is InChI=1S/C19H18ClN3O/c1-2-23(15-9-8-14(12-21)17(20)11-15)19(24)16-7-3-5-13-6-4-10-22-18(13)16/h4,6,8-11,16H,2-3,5,7H2,1H3. The van der Waals surface area contributed by atoms with Gasteiger partial charge in [0.05, 0.1) is 22.2 Å². The Morgan fingerprint density at radius 1 is 1.46 bits per heavy atom. The molecule has 0 N–H and O–H groups in total. The maximum Gasteiger partial charge on any atom is 0.236 e. The van der Waals surface area contributed by atoms with Crippen molar-refractivity contribution in [2.45, 2.75) is 32.1 Å². The maximum atomic E-state index is 13.1. The molecule has 1 unspecified atom stereocenters. The molecule has 1 aliphatic carbocycles. The number of fused-ring (bicyclic) bond motifs is 1. The first-order chi connectivity index (χ1) is 11.7. The predicted octanol–water partition coefficient (Wildman–Crippen LogP) is 4.08. The number of pyridine rings is 1. The zero-order chi connectivity index (χ0) is 17.1. The molecule has 1 heterocycles. The second-order valence-corrected chi connectivity index (χ2v) is 6.26. The van der Waals surface area contributed by atoms with Gasteiger partial charge >= 0.3 is 0 Å². The summed E-state index contributed by atoms with van der Waals surface area (Å²) in [5.74, 6) is -0.178. The van der Waals surface area contributed by atoms with Gasteiger partial charge in [-0.1, -0.05) is 17.7 Å². The van der Waals surface area contributed by atoms with Crippen LogP contribution in [0.3, 0.4) is 0 Å². The second kappa shape index (κ2) is 7.02. The highest BCUT2D eigenvalue weighted by Gasteiger charge is 2.31. The Labute approximate surface area is 146 Å². The SMILES string of the molecule is CCN(C(=O)C1CCCc2cccnc21)c1ccc(C#N)c(Cl)c1. The van der Waals surface area contributed by atoms with Crippen molar-refractivity contribution in [2.24, 2.45) is 0 Å². The minimum atomic E-state index is -0.218. The van der Waals surface area contributed by atoms with Gasteiger partial charge in [0, 0.05) is 18.4 Å². The third kappa shape index (κ3) is 3.00. The van der Waals surface area contributed by atoms with Crippen LogP contribution in [-0.2, 0) is 11.2 Å². The van der Waals surface area contributed by atoms with Gasteiger partial charge < -0.3 is 4.90 Å². The van der Waals surface area contributed by atoms with Crippen LogP contribution in [0.4, 0.5) is 5.69 Å². The largest absolute Gasteiger partial charge is 0.312 e. The molecule has 0 saturated heterocycles. The summed E-state index contributed by atoms with van der Waals surface area (Å²) in [6, 6.07) is 11.1. The third-order valence-electron chi connectivity index (χ3n) is 4.46. The lowest BCUT2D eigenvalue weighted by atomic mass is 9.85. The second-order valence-electron chi connectivity index (χ2n) is 5.85. The summed E-state index contributed by atoms with van der Waals surface area (Å²) < 4.78 is 0. The molecule has 122 valence electrons. The highest BCUT2D eigenvalue weighted by molar-refractivity contribution is 6.32. The molecule has 1 aromatic heterocycles. The summed E-state index contributed by atoms with van der Waals surface area (Å²) in [5, 5.41) is 9.37. The Kier molecular flexibility index (Phi) is 4.82.